The van der Waals surface area contributed by atoms with Gasteiger partial charge in [0.15, 0.2) is 0 Å². The van der Waals surface area contributed by atoms with Crippen LogP contribution in [-0.2, 0) is 4.79 Å². The minimum absolute atomic E-state index is 0.0115. The fourth-order valence-electron chi connectivity index (χ4n) is 2.56. The first-order valence-electron chi connectivity index (χ1n) is 7.74. The van der Waals surface area contributed by atoms with Gasteiger partial charge in [-0.15, -0.1) is 0 Å². The second-order valence-electron chi connectivity index (χ2n) is 7.56. The minimum atomic E-state index is 0.0115. The van der Waals surface area contributed by atoms with Crippen LogP contribution in [0.15, 0.2) is 0 Å². The number of amides is 1. The second kappa shape index (κ2) is 6.25. The molecule has 0 radical (unpaired) electrons. The van der Waals surface area contributed by atoms with E-state index >= 15 is 0 Å². The summed E-state index contributed by atoms with van der Waals surface area (Å²) in [4.78, 5) is 14.7. The summed E-state index contributed by atoms with van der Waals surface area (Å²) in [7, 11) is 0. The molecule has 19 heavy (non-hydrogen) atoms. The highest BCUT2D eigenvalue weighted by Gasteiger charge is 2.42. The SMILES string of the molecule is CCC(C)C1NC(C(C)C)N(CCC(C)(C)C)C1=O. The van der Waals surface area contributed by atoms with Gasteiger partial charge >= 0.3 is 0 Å². The molecule has 1 aliphatic rings. The van der Waals surface area contributed by atoms with Crippen molar-refractivity contribution >= 4 is 5.91 Å². The third-order valence-corrected chi connectivity index (χ3v) is 4.18. The molecule has 0 aliphatic carbocycles. The monoisotopic (exact) mass is 268 g/mol. The fourth-order valence-corrected chi connectivity index (χ4v) is 2.56. The van der Waals surface area contributed by atoms with Crippen LogP contribution in [0.3, 0.4) is 0 Å². The van der Waals surface area contributed by atoms with E-state index in [4.69, 9.17) is 0 Å². The molecule has 1 fully saturated rings. The summed E-state index contributed by atoms with van der Waals surface area (Å²) >= 11 is 0. The van der Waals surface area contributed by atoms with E-state index in [1.165, 1.54) is 0 Å². The molecular weight excluding hydrogens is 236 g/mol. The zero-order chi connectivity index (χ0) is 14.8. The van der Waals surface area contributed by atoms with Gasteiger partial charge in [0.05, 0.1) is 12.2 Å². The van der Waals surface area contributed by atoms with Crippen LogP contribution in [0.4, 0.5) is 0 Å². The number of nitrogens with zero attached hydrogens (tertiary/aromatic N) is 1. The van der Waals surface area contributed by atoms with Gasteiger partial charge in [0, 0.05) is 6.54 Å². The molecule has 1 saturated heterocycles. The highest BCUT2D eigenvalue weighted by atomic mass is 16.2. The van der Waals surface area contributed by atoms with Gasteiger partial charge in [-0.05, 0) is 23.7 Å². The predicted octanol–water partition coefficient (Wildman–Crippen LogP) is 3.25. The van der Waals surface area contributed by atoms with Gasteiger partial charge in [0.25, 0.3) is 0 Å². The maximum atomic E-state index is 12.6. The minimum Gasteiger partial charge on any atom is -0.326 e. The average molecular weight is 268 g/mol. The van der Waals surface area contributed by atoms with Crippen molar-refractivity contribution < 1.29 is 4.79 Å². The molecule has 1 aliphatic heterocycles. The number of carbonyl (C=O) groups excluding carboxylic acids is 1. The first-order chi connectivity index (χ1) is 8.67. The van der Waals surface area contributed by atoms with Crippen molar-refractivity contribution in [1.82, 2.24) is 10.2 Å². The molecule has 0 bridgehead atoms. The molecular formula is C16H32N2O. The van der Waals surface area contributed by atoms with Gasteiger partial charge < -0.3 is 4.90 Å². The van der Waals surface area contributed by atoms with Gasteiger partial charge in [0.2, 0.25) is 5.91 Å². The van der Waals surface area contributed by atoms with Crippen molar-refractivity contribution in [2.75, 3.05) is 6.54 Å². The Kier molecular flexibility index (Phi) is 5.43. The molecule has 1 heterocycles. The Morgan fingerprint density at radius 1 is 1.26 bits per heavy atom. The normalized spacial score (nSPS) is 26.3. The van der Waals surface area contributed by atoms with E-state index in [2.05, 4.69) is 58.7 Å². The average Bonchev–Trinajstić information content (AvgIpc) is 2.62. The van der Waals surface area contributed by atoms with Crippen molar-refractivity contribution in [1.29, 1.82) is 0 Å². The third kappa shape index (κ3) is 4.20. The summed E-state index contributed by atoms with van der Waals surface area (Å²) in [5, 5.41) is 3.55. The third-order valence-electron chi connectivity index (χ3n) is 4.18. The first-order valence-corrected chi connectivity index (χ1v) is 7.74. The number of hydrogen-bond donors (Lipinski definition) is 1. The number of carbonyl (C=O) groups is 1. The van der Waals surface area contributed by atoms with Crippen LogP contribution in [-0.4, -0.2) is 29.6 Å². The Bertz CT molecular complexity index is 306. The second-order valence-corrected chi connectivity index (χ2v) is 7.56. The van der Waals surface area contributed by atoms with Crippen LogP contribution in [0.1, 0.15) is 61.3 Å². The van der Waals surface area contributed by atoms with Crippen LogP contribution in [0.5, 0.6) is 0 Å². The van der Waals surface area contributed by atoms with Gasteiger partial charge in [-0.1, -0.05) is 54.9 Å². The Balaban J connectivity index is 2.78. The van der Waals surface area contributed by atoms with E-state index < -0.39 is 0 Å². The maximum Gasteiger partial charge on any atom is 0.241 e. The van der Waals surface area contributed by atoms with Crippen LogP contribution in [0.2, 0.25) is 0 Å². The molecule has 1 rings (SSSR count). The Morgan fingerprint density at radius 2 is 1.84 bits per heavy atom. The molecule has 0 aromatic rings. The predicted molar refractivity (Wildman–Crippen MR) is 80.8 cm³/mol. The summed E-state index contributed by atoms with van der Waals surface area (Å²) in [6.07, 6.45) is 2.30. The summed E-state index contributed by atoms with van der Waals surface area (Å²) in [6, 6.07) is 0.0115. The van der Waals surface area contributed by atoms with E-state index in [-0.39, 0.29) is 17.6 Å². The number of hydrogen-bond acceptors (Lipinski definition) is 2. The topological polar surface area (TPSA) is 32.3 Å². The van der Waals surface area contributed by atoms with E-state index in [1.807, 2.05) is 0 Å². The molecule has 1 N–H and O–H groups in total. The number of rotatable bonds is 5. The smallest absolute Gasteiger partial charge is 0.241 e. The molecule has 3 heteroatoms. The molecule has 0 spiro atoms. The summed E-state index contributed by atoms with van der Waals surface area (Å²) in [5.41, 5.74) is 0.274. The molecule has 3 unspecified atom stereocenters. The van der Waals surface area contributed by atoms with E-state index in [9.17, 15) is 4.79 Å². The summed E-state index contributed by atoms with van der Waals surface area (Å²) in [5.74, 6) is 1.17. The van der Waals surface area contributed by atoms with Crippen molar-refractivity contribution in [3.05, 3.63) is 0 Å². The van der Waals surface area contributed by atoms with Gasteiger partial charge in [-0.25, -0.2) is 0 Å². The lowest BCUT2D eigenvalue weighted by molar-refractivity contribution is -0.131. The van der Waals surface area contributed by atoms with Crippen LogP contribution in [0.25, 0.3) is 0 Å². The van der Waals surface area contributed by atoms with E-state index in [1.54, 1.807) is 0 Å². The first kappa shape index (κ1) is 16.5. The highest BCUT2D eigenvalue weighted by Crippen LogP contribution is 2.26. The molecule has 3 atom stereocenters. The standard InChI is InChI=1S/C16H32N2O/c1-8-12(4)13-15(19)18(10-9-16(5,6)7)14(17-13)11(2)3/h11-14,17H,8-10H2,1-7H3. The summed E-state index contributed by atoms with van der Waals surface area (Å²) in [6.45, 7) is 16.3. The van der Waals surface area contributed by atoms with E-state index in [0.29, 0.717) is 17.7 Å². The van der Waals surface area contributed by atoms with Crippen molar-refractivity contribution in [3.8, 4) is 0 Å². The Morgan fingerprint density at radius 3 is 2.26 bits per heavy atom. The zero-order valence-electron chi connectivity index (χ0n) is 13.8. The van der Waals surface area contributed by atoms with Crippen LogP contribution in [0, 0.1) is 17.3 Å². The Labute approximate surface area is 119 Å². The largest absolute Gasteiger partial charge is 0.326 e. The zero-order valence-corrected chi connectivity index (χ0v) is 13.8. The molecule has 0 aromatic carbocycles. The van der Waals surface area contributed by atoms with Gasteiger partial charge in [-0.2, -0.15) is 0 Å². The van der Waals surface area contributed by atoms with Crippen LogP contribution >= 0.6 is 0 Å². The summed E-state index contributed by atoms with van der Waals surface area (Å²) < 4.78 is 0. The molecule has 3 nitrogen and oxygen atoms in total. The van der Waals surface area contributed by atoms with Gasteiger partial charge in [0.1, 0.15) is 0 Å². The quantitative estimate of drug-likeness (QED) is 0.830. The Hall–Kier alpha value is -0.570. The lowest BCUT2D eigenvalue weighted by Gasteiger charge is -2.30. The van der Waals surface area contributed by atoms with Gasteiger partial charge in [-0.3, -0.25) is 10.1 Å². The van der Waals surface area contributed by atoms with Crippen molar-refractivity contribution in [2.45, 2.75) is 73.5 Å². The number of nitrogens with one attached hydrogen (secondary N) is 1. The van der Waals surface area contributed by atoms with E-state index in [0.717, 1.165) is 19.4 Å². The lowest BCUT2D eigenvalue weighted by atomic mass is 9.92. The van der Waals surface area contributed by atoms with Crippen molar-refractivity contribution in [2.24, 2.45) is 17.3 Å². The maximum absolute atomic E-state index is 12.6. The molecule has 0 saturated carbocycles. The highest BCUT2D eigenvalue weighted by molar-refractivity contribution is 5.84. The molecule has 112 valence electrons. The fraction of sp³-hybridized carbons (Fsp3) is 0.938. The van der Waals surface area contributed by atoms with Crippen molar-refractivity contribution in [3.63, 3.8) is 0 Å². The molecule has 1 amide bonds. The van der Waals surface area contributed by atoms with Crippen LogP contribution < -0.4 is 5.32 Å². The lowest BCUT2D eigenvalue weighted by Crippen LogP contribution is -2.42. The molecule has 0 aromatic heterocycles.